The van der Waals surface area contributed by atoms with Crippen molar-refractivity contribution in [3.63, 3.8) is 0 Å². The molecule has 0 spiro atoms. The summed E-state index contributed by atoms with van der Waals surface area (Å²) in [7, 11) is 0. The molecule has 0 radical (unpaired) electrons. The van der Waals surface area contributed by atoms with Gasteiger partial charge in [-0.05, 0) is 50.9 Å². The molecule has 0 aliphatic carbocycles. The van der Waals surface area contributed by atoms with Crippen molar-refractivity contribution in [1.82, 2.24) is 9.88 Å². The predicted octanol–water partition coefficient (Wildman–Crippen LogP) is 2.41. The smallest absolute Gasteiger partial charge is 0.129 e. The largest absolute Gasteiger partial charge is 0.356 e. The highest BCUT2D eigenvalue weighted by molar-refractivity contribution is 5.45. The number of nitriles is 1. The molecule has 4 nitrogen and oxygen atoms in total. The van der Waals surface area contributed by atoms with Gasteiger partial charge in [0.15, 0.2) is 0 Å². The second kappa shape index (κ2) is 6.23. The van der Waals surface area contributed by atoms with Gasteiger partial charge in [-0.15, -0.1) is 0 Å². The molecule has 1 aromatic rings. The molecule has 1 aromatic heterocycles. The minimum Gasteiger partial charge on any atom is -0.356 e. The van der Waals surface area contributed by atoms with E-state index in [2.05, 4.69) is 20.9 Å². The molecule has 0 unspecified atom stereocenters. The molecular weight excluding hydrogens is 248 g/mol. The van der Waals surface area contributed by atoms with Crippen LogP contribution in [-0.2, 0) is 0 Å². The number of rotatable bonds is 2. The highest BCUT2D eigenvalue weighted by Gasteiger charge is 2.25. The summed E-state index contributed by atoms with van der Waals surface area (Å²) in [4.78, 5) is 9.41. The van der Waals surface area contributed by atoms with Crippen LogP contribution in [0.2, 0.25) is 0 Å². The van der Waals surface area contributed by atoms with Gasteiger partial charge in [0.25, 0.3) is 0 Å². The van der Waals surface area contributed by atoms with Crippen molar-refractivity contribution in [3.05, 3.63) is 23.9 Å². The molecule has 4 heteroatoms. The van der Waals surface area contributed by atoms with E-state index in [9.17, 15) is 0 Å². The summed E-state index contributed by atoms with van der Waals surface area (Å²) in [5.41, 5.74) is 0.702. The van der Waals surface area contributed by atoms with Crippen LogP contribution >= 0.6 is 0 Å². The first kappa shape index (κ1) is 13.4. The number of likely N-dealkylation sites (tertiary alicyclic amines) is 1. The van der Waals surface area contributed by atoms with E-state index in [0.717, 1.165) is 24.9 Å². The van der Waals surface area contributed by atoms with Gasteiger partial charge >= 0.3 is 0 Å². The summed E-state index contributed by atoms with van der Waals surface area (Å²) in [6, 6.07) is 6.62. The van der Waals surface area contributed by atoms with Gasteiger partial charge in [0, 0.05) is 25.3 Å². The van der Waals surface area contributed by atoms with E-state index in [1.54, 1.807) is 12.3 Å². The van der Waals surface area contributed by atoms with Crippen LogP contribution in [0.3, 0.4) is 0 Å². The Kier molecular flexibility index (Phi) is 4.17. The van der Waals surface area contributed by atoms with E-state index in [1.807, 2.05) is 6.07 Å². The summed E-state index contributed by atoms with van der Waals surface area (Å²) >= 11 is 0. The Balaban J connectivity index is 1.59. The number of aromatic nitrogens is 1. The van der Waals surface area contributed by atoms with Gasteiger partial charge in [-0.2, -0.15) is 5.26 Å². The maximum absolute atomic E-state index is 8.97. The van der Waals surface area contributed by atoms with Crippen molar-refractivity contribution >= 4 is 5.82 Å². The minimum absolute atomic E-state index is 0.702. The first-order chi connectivity index (χ1) is 9.86. The van der Waals surface area contributed by atoms with Crippen LogP contribution in [-0.4, -0.2) is 42.1 Å². The topological polar surface area (TPSA) is 43.2 Å². The third kappa shape index (κ3) is 2.94. The summed E-state index contributed by atoms with van der Waals surface area (Å²) in [6.07, 6.45) is 8.32. The Morgan fingerprint density at radius 1 is 1.10 bits per heavy atom. The van der Waals surface area contributed by atoms with E-state index >= 15 is 0 Å². The Labute approximate surface area is 121 Å². The predicted molar refractivity (Wildman–Crippen MR) is 79.6 cm³/mol. The Morgan fingerprint density at radius 3 is 2.55 bits per heavy atom. The average molecular weight is 270 g/mol. The van der Waals surface area contributed by atoms with Crippen molar-refractivity contribution in [2.75, 3.05) is 31.1 Å². The molecule has 0 amide bonds. The fourth-order valence-electron chi connectivity index (χ4n) is 3.40. The number of nitrogens with zero attached hydrogens (tertiary/aromatic N) is 4. The van der Waals surface area contributed by atoms with Crippen molar-refractivity contribution < 1.29 is 0 Å². The van der Waals surface area contributed by atoms with Crippen LogP contribution in [0, 0.1) is 11.3 Å². The van der Waals surface area contributed by atoms with E-state index in [-0.39, 0.29) is 0 Å². The molecule has 106 valence electrons. The second-order valence-electron chi connectivity index (χ2n) is 5.83. The summed E-state index contributed by atoms with van der Waals surface area (Å²) in [6.45, 7) is 4.69. The number of hydrogen-bond acceptors (Lipinski definition) is 4. The molecule has 2 fully saturated rings. The first-order valence-electron chi connectivity index (χ1n) is 7.72. The molecular formula is C16H22N4. The zero-order valence-corrected chi connectivity index (χ0v) is 12.0. The van der Waals surface area contributed by atoms with Crippen LogP contribution in [0.4, 0.5) is 5.82 Å². The molecule has 2 saturated heterocycles. The fourth-order valence-corrected chi connectivity index (χ4v) is 3.40. The monoisotopic (exact) mass is 270 g/mol. The summed E-state index contributed by atoms with van der Waals surface area (Å²) in [5.74, 6) is 0.959. The second-order valence-corrected chi connectivity index (χ2v) is 5.83. The van der Waals surface area contributed by atoms with Crippen LogP contribution in [0.25, 0.3) is 0 Å². The van der Waals surface area contributed by atoms with Crippen molar-refractivity contribution in [2.45, 2.75) is 38.1 Å². The van der Waals surface area contributed by atoms with Gasteiger partial charge in [0.2, 0.25) is 0 Å². The molecule has 2 aliphatic heterocycles. The molecule has 0 saturated carbocycles. The van der Waals surface area contributed by atoms with Gasteiger partial charge in [-0.1, -0.05) is 6.42 Å². The van der Waals surface area contributed by atoms with Gasteiger partial charge < -0.3 is 9.80 Å². The van der Waals surface area contributed by atoms with Crippen LogP contribution in [0.1, 0.15) is 37.7 Å². The van der Waals surface area contributed by atoms with Crippen molar-refractivity contribution in [1.29, 1.82) is 5.26 Å². The molecule has 3 rings (SSSR count). The number of pyridine rings is 1. The molecule has 3 heterocycles. The quantitative estimate of drug-likeness (QED) is 0.827. The summed E-state index contributed by atoms with van der Waals surface area (Å²) < 4.78 is 0. The lowest BCUT2D eigenvalue weighted by atomic mass is 10.00. The lowest BCUT2D eigenvalue weighted by Crippen LogP contribution is -2.46. The van der Waals surface area contributed by atoms with Gasteiger partial charge in [0.05, 0.1) is 11.6 Å². The fraction of sp³-hybridized carbons (Fsp3) is 0.625. The molecule has 0 N–H and O–H groups in total. The van der Waals surface area contributed by atoms with E-state index in [4.69, 9.17) is 5.26 Å². The van der Waals surface area contributed by atoms with Gasteiger partial charge in [-0.3, -0.25) is 0 Å². The highest BCUT2D eigenvalue weighted by Crippen LogP contribution is 2.23. The number of piperidine rings is 2. The zero-order valence-electron chi connectivity index (χ0n) is 12.0. The highest BCUT2D eigenvalue weighted by atomic mass is 15.2. The van der Waals surface area contributed by atoms with Gasteiger partial charge in [-0.25, -0.2) is 4.98 Å². The first-order valence-corrected chi connectivity index (χ1v) is 7.72. The molecule has 2 aliphatic rings. The van der Waals surface area contributed by atoms with E-state index < -0.39 is 0 Å². The minimum atomic E-state index is 0.702. The Bertz CT molecular complexity index is 479. The van der Waals surface area contributed by atoms with Crippen molar-refractivity contribution in [3.8, 4) is 6.07 Å². The van der Waals surface area contributed by atoms with Crippen molar-refractivity contribution in [2.24, 2.45) is 0 Å². The SMILES string of the molecule is N#Cc1ccnc(N2CCC(N3CCCCC3)CC2)c1. The molecule has 0 bridgehead atoms. The van der Waals surface area contributed by atoms with E-state index in [1.165, 1.54) is 45.2 Å². The molecule has 0 aromatic carbocycles. The third-order valence-electron chi connectivity index (χ3n) is 4.57. The molecule has 20 heavy (non-hydrogen) atoms. The van der Waals surface area contributed by atoms with Crippen LogP contribution in [0.5, 0.6) is 0 Å². The maximum Gasteiger partial charge on any atom is 0.129 e. The van der Waals surface area contributed by atoms with E-state index in [0.29, 0.717) is 5.56 Å². The average Bonchev–Trinajstić information content (AvgIpc) is 2.56. The molecule has 0 atom stereocenters. The van der Waals surface area contributed by atoms with Gasteiger partial charge in [0.1, 0.15) is 5.82 Å². The maximum atomic E-state index is 8.97. The Morgan fingerprint density at radius 2 is 1.85 bits per heavy atom. The van der Waals surface area contributed by atoms with Crippen LogP contribution in [0.15, 0.2) is 18.3 Å². The number of anilines is 1. The normalized spacial score (nSPS) is 21.6. The third-order valence-corrected chi connectivity index (χ3v) is 4.57. The zero-order chi connectivity index (χ0) is 13.8. The standard InChI is InChI=1S/C16H22N4/c17-13-14-4-7-18-16(12-14)20-10-5-15(6-11-20)19-8-2-1-3-9-19/h4,7,12,15H,1-3,5-6,8-11H2. The summed E-state index contributed by atoms with van der Waals surface area (Å²) in [5, 5.41) is 8.97. The Hall–Kier alpha value is -1.60. The van der Waals surface area contributed by atoms with Crippen LogP contribution < -0.4 is 4.90 Å². The lowest BCUT2D eigenvalue weighted by molar-refractivity contribution is 0.141. The number of hydrogen-bond donors (Lipinski definition) is 0. The lowest BCUT2D eigenvalue weighted by Gasteiger charge is -2.40.